The zero-order valence-electron chi connectivity index (χ0n) is 13.2. The van der Waals surface area contributed by atoms with E-state index in [0.29, 0.717) is 24.7 Å². The first-order valence-corrected chi connectivity index (χ1v) is 7.84. The minimum Gasteiger partial charge on any atom is -0.493 e. The van der Waals surface area contributed by atoms with E-state index >= 15 is 0 Å². The fourth-order valence-electron chi connectivity index (χ4n) is 3.40. The highest BCUT2D eigenvalue weighted by Gasteiger charge is 2.35. The van der Waals surface area contributed by atoms with Crippen molar-refractivity contribution in [3.8, 4) is 11.5 Å². The highest BCUT2D eigenvalue weighted by molar-refractivity contribution is 5.80. The largest absolute Gasteiger partial charge is 0.493 e. The van der Waals surface area contributed by atoms with E-state index in [0.717, 1.165) is 31.4 Å². The molecule has 0 bridgehead atoms. The average Bonchev–Trinajstić information content (AvgIpc) is 3.24. The number of amides is 1. The van der Waals surface area contributed by atoms with Gasteiger partial charge >= 0.3 is 0 Å². The topological polar surface area (TPSA) is 48.0 Å². The molecule has 120 valence electrons. The smallest absolute Gasteiger partial charge is 0.228 e. The third-order valence-electron chi connectivity index (χ3n) is 4.61. The lowest BCUT2D eigenvalue weighted by molar-refractivity contribution is -0.136. The van der Waals surface area contributed by atoms with Gasteiger partial charge in [-0.3, -0.25) is 4.79 Å². The molecule has 5 heteroatoms. The van der Waals surface area contributed by atoms with Gasteiger partial charge in [-0.1, -0.05) is 6.07 Å². The lowest BCUT2D eigenvalue weighted by atomic mass is 10.0. The van der Waals surface area contributed by atoms with Crippen molar-refractivity contribution in [1.82, 2.24) is 4.90 Å². The molecule has 2 fully saturated rings. The Morgan fingerprint density at radius 2 is 2.05 bits per heavy atom. The van der Waals surface area contributed by atoms with Crippen LogP contribution in [0.5, 0.6) is 11.5 Å². The van der Waals surface area contributed by atoms with E-state index in [9.17, 15) is 4.79 Å². The zero-order valence-corrected chi connectivity index (χ0v) is 13.2. The summed E-state index contributed by atoms with van der Waals surface area (Å²) in [6.45, 7) is 2.09. The molecule has 0 radical (unpaired) electrons. The molecule has 3 rings (SSSR count). The van der Waals surface area contributed by atoms with Crippen molar-refractivity contribution in [1.29, 1.82) is 0 Å². The van der Waals surface area contributed by atoms with E-state index < -0.39 is 0 Å². The number of benzene rings is 1. The molecule has 1 aromatic carbocycles. The molecule has 22 heavy (non-hydrogen) atoms. The first-order valence-electron chi connectivity index (χ1n) is 7.84. The minimum absolute atomic E-state index is 0.0285. The van der Waals surface area contributed by atoms with Gasteiger partial charge in [-0.05, 0) is 37.0 Å². The van der Waals surface area contributed by atoms with Gasteiger partial charge < -0.3 is 19.1 Å². The second-order valence-corrected chi connectivity index (χ2v) is 5.86. The molecule has 0 aliphatic carbocycles. The van der Waals surface area contributed by atoms with Crippen LogP contribution in [0.3, 0.4) is 0 Å². The normalized spacial score (nSPS) is 24.5. The van der Waals surface area contributed by atoms with E-state index in [1.807, 2.05) is 23.1 Å². The summed E-state index contributed by atoms with van der Waals surface area (Å²) >= 11 is 0. The first-order chi connectivity index (χ1) is 10.7. The molecular weight excluding hydrogens is 282 g/mol. The molecule has 0 N–H and O–H groups in total. The van der Waals surface area contributed by atoms with Gasteiger partial charge in [-0.25, -0.2) is 0 Å². The summed E-state index contributed by atoms with van der Waals surface area (Å²) in [5.74, 6) is 1.69. The Kier molecular flexibility index (Phi) is 4.52. The van der Waals surface area contributed by atoms with Gasteiger partial charge in [0.15, 0.2) is 11.5 Å². The Hall–Kier alpha value is -1.75. The molecule has 0 aromatic heterocycles. The fraction of sp³-hybridized carbons (Fsp3) is 0.588. The van der Waals surface area contributed by atoms with Crippen LogP contribution in [0, 0.1) is 5.92 Å². The third kappa shape index (κ3) is 2.77. The molecule has 1 aromatic rings. The molecule has 2 atom stereocenters. The Morgan fingerprint density at radius 1 is 1.23 bits per heavy atom. The zero-order chi connectivity index (χ0) is 15.5. The number of carbonyl (C=O) groups excluding carboxylic acids is 1. The Bertz CT molecular complexity index is 539. The quantitative estimate of drug-likeness (QED) is 0.857. The third-order valence-corrected chi connectivity index (χ3v) is 4.61. The molecule has 0 spiro atoms. The van der Waals surface area contributed by atoms with E-state index in [2.05, 4.69) is 0 Å². The molecule has 2 aliphatic heterocycles. The van der Waals surface area contributed by atoms with Crippen LogP contribution in [0.25, 0.3) is 0 Å². The Labute approximate surface area is 131 Å². The SMILES string of the molecule is COc1ccc(C2CCCN2C(=O)C2CCOC2)cc1OC. The summed E-state index contributed by atoms with van der Waals surface area (Å²) in [6.07, 6.45) is 2.88. The summed E-state index contributed by atoms with van der Waals surface area (Å²) in [5.41, 5.74) is 1.11. The highest BCUT2D eigenvalue weighted by atomic mass is 16.5. The number of hydrogen-bond donors (Lipinski definition) is 0. The van der Waals surface area contributed by atoms with Crippen LogP contribution in [0.4, 0.5) is 0 Å². The molecule has 2 heterocycles. The molecule has 5 nitrogen and oxygen atoms in total. The molecule has 2 unspecified atom stereocenters. The summed E-state index contributed by atoms with van der Waals surface area (Å²) in [4.78, 5) is 14.7. The summed E-state index contributed by atoms with van der Waals surface area (Å²) in [5, 5.41) is 0. The van der Waals surface area contributed by atoms with Crippen molar-refractivity contribution in [2.24, 2.45) is 5.92 Å². The summed E-state index contributed by atoms with van der Waals surface area (Å²) in [6, 6.07) is 6.06. The van der Waals surface area contributed by atoms with Crippen molar-refractivity contribution in [2.75, 3.05) is 34.0 Å². The number of methoxy groups -OCH3 is 2. The predicted molar refractivity (Wildman–Crippen MR) is 82.2 cm³/mol. The van der Waals surface area contributed by atoms with Gasteiger partial charge in [0, 0.05) is 13.2 Å². The Balaban J connectivity index is 1.82. The van der Waals surface area contributed by atoms with Crippen LogP contribution in [0.15, 0.2) is 18.2 Å². The molecule has 2 saturated heterocycles. The number of carbonyl (C=O) groups is 1. The van der Waals surface area contributed by atoms with Crippen molar-refractivity contribution < 1.29 is 19.0 Å². The summed E-state index contributed by atoms with van der Waals surface area (Å²) < 4.78 is 16.0. The van der Waals surface area contributed by atoms with Crippen LogP contribution in [0.1, 0.15) is 30.9 Å². The van der Waals surface area contributed by atoms with Crippen molar-refractivity contribution in [3.05, 3.63) is 23.8 Å². The van der Waals surface area contributed by atoms with Crippen molar-refractivity contribution in [2.45, 2.75) is 25.3 Å². The molecular formula is C17H23NO4. The van der Waals surface area contributed by atoms with E-state index in [1.165, 1.54) is 0 Å². The van der Waals surface area contributed by atoms with Gasteiger partial charge in [-0.15, -0.1) is 0 Å². The maximum absolute atomic E-state index is 12.7. The van der Waals surface area contributed by atoms with Gasteiger partial charge in [0.05, 0.1) is 32.8 Å². The van der Waals surface area contributed by atoms with Crippen LogP contribution in [-0.4, -0.2) is 44.8 Å². The van der Waals surface area contributed by atoms with Crippen LogP contribution in [0.2, 0.25) is 0 Å². The van der Waals surface area contributed by atoms with E-state index in [1.54, 1.807) is 14.2 Å². The lowest BCUT2D eigenvalue weighted by Gasteiger charge is -2.27. The number of ether oxygens (including phenoxy) is 3. The second kappa shape index (κ2) is 6.57. The molecule has 2 aliphatic rings. The molecule has 0 saturated carbocycles. The van der Waals surface area contributed by atoms with Crippen LogP contribution >= 0.6 is 0 Å². The Morgan fingerprint density at radius 3 is 2.73 bits per heavy atom. The van der Waals surface area contributed by atoms with E-state index in [-0.39, 0.29) is 17.9 Å². The predicted octanol–water partition coefficient (Wildman–Crippen LogP) is 2.40. The molecule has 1 amide bonds. The highest BCUT2D eigenvalue weighted by Crippen LogP contribution is 2.38. The minimum atomic E-state index is 0.0285. The number of rotatable bonds is 4. The number of hydrogen-bond acceptors (Lipinski definition) is 4. The van der Waals surface area contributed by atoms with Crippen LogP contribution < -0.4 is 9.47 Å². The van der Waals surface area contributed by atoms with Crippen molar-refractivity contribution in [3.63, 3.8) is 0 Å². The van der Waals surface area contributed by atoms with E-state index in [4.69, 9.17) is 14.2 Å². The first kappa shape index (κ1) is 15.2. The number of likely N-dealkylation sites (tertiary alicyclic amines) is 1. The van der Waals surface area contributed by atoms with Gasteiger partial charge in [0.1, 0.15) is 0 Å². The average molecular weight is 305 g/mol. The fourth-order valence-corrected chi connectivity index (χ4v) is 3.40. The van der Waals surface area contributed by atoms with Crippen LogP contribution in [-0.2, 0) is 9.53 Å². The standard InChI is InChI=1S/C17H23NO4/c1-20-15-6-5-12(10-16(15)21-2)14-4-3-8-18(14)17(19)13-7-9-22-11-13/h5-6,10,13-14H,3-4,7-9,11H2,1-2H3. The van der Waals surface area contributed by atoms with Gasteiger partial charge in [0.25, 0.3) is 0 Å². The lowest BCUT2D eigenvalue weighted by Crippen LogP contribution is -2.36. The van der Waals surface area contributed by atoms with Gasteiger partial charge in [0.2, 0.25) is 5.91 Å². The maximum atomic E-state index is 12.7. The monoisotopic (exact) mass is 305 g/mol. The second-order valence-electron chi connectivity index (χ2n) is 5.86. The van der Waals surface area contributed by atoms with Crippen molar-refractivity contribution >= 4 is 5.91 Å². The van der Waals surface area contributed by atoms with Gasteiger partial charge in [-0.2, -0.15) is 0 Å². The number of nitrogens with zero attached hydrogens (tertiary/aromatic N) is 1. The maximum Gasteiger partial charge on any atom is 0.228 e. The summed E-state index contributed by atoms with van der Waals surface area (Å²) in [7, 11) is 3.26.